The van der Waals surface area contributed by atoms with Crippen LogP contribution < -0.4 is 5.32 Å². The normalized spacial score (nSPS) is 11.2. The Balaban J connectivity index is 2.11. The predicted octanol–water partition coefficient (Wildman–Crippen LogP) is 4.40. The Labute approximate surface area is 123 Å². The third kappa shape index (κ3) is 6.74. The highest BCUT2D eigenvalue weighted by Gasteiger charge is 2.00. The molecule has 0 atom stereocenters. The number of halogens is 2. The first kappa shape index (κ1) is 16.0. The predicted molar refractivity (Wildman–Crippen MR) is 81.2 cm³/mol. The zero-order valence-corrected chi connectivity index (χ0v) is 13.4. The van der Waals surface area contributed by atoms with E-state index in [1.54, 1.807) is 0 Å². The number of unbranched alkanes of at least 4 members (excludes halogenated alkanes) is 1. The molecule has 0 amide bonds. The quantitative estimate of drug-likeness (QED) is 0.712. The van der Waals surface area contributed by atoms with Gasteiger partial charge < -0.3 is 10.1 Å². The molecule has 1 rings (SSSR count). The van der Waals surface area contributed by atoms with Crippen molar-refractivity contribution in [3.63, 3.8) is 0 Å². The van der Waals surface area contributed by atoms with Gasteiger partial charge in [0.15, 0.2) is 0 Å². The molecular weight excluding hydrogens is 314 g/mol. The van der Waals surface area contributed by atoms with Crippen molar-refractivity contribution in [1.29, 1.82) is 0 Å². The monoisotopic (exact) mass is 333 g/mol. The molecule has 0 aliphatic heterocycles. The summed E-state index contributed by atoms with van der Waals surface area (Å²) in [5.41, 5.74) is 1.14. The number of hydrogen-bond donors (Lipinski definition) is 1. The van der Waals surface area contributed by atoms with Crippen LogP contribution >= 0.6 is 27.5 Å². The lowest BCUT2D eigenvalue weighted by Gasteiger charge is -2.09. The highest BCUT2D eigenvalue weighted by atomic mass is 79.9. The van der Waals surface area contributed by atoms with Gasteiger partial charge in [0.2, 0.25) is 0 Å². The van der Waals surface area contributed by atoms with Gasteiger partial charge in [-0.15, -0.1) is 0 Å². The van der Waals surface area contributed by atoms with Crippen molar-refractivity contribution in [1.82, 2.24) is 5.32 Å². The number of nitrogens with one attached hydrogen (secondary N) is 1. The van der Waals surface area contributed by atoms with Gasteiger partial charge in [-0.05, 0) is 50.9 Å². The summed E-state index contributed by atoms with van der Waals surface area (Å²) in [5, 5.41) is 4.20. The third-order valence-corrected chi connectivity index (χ3v) is 3.37. The second kappa shape index (κ2) is 8.92. The van der Waals surface area contributed by atoms with Crippen LogP contribution in [-0.2, 0) is 11.3 Å². The molecule has 0 bridgehead atoms. The molecule has 0 aliphatic rings. The molecule has 0 saturated heterocycles. The molecule has 0 aromatic heterocycles. The second-order valence-electron chi connectivity index (χ2n) is 4.54. The zero-order valence-electron chi connectivity index (χ0n) is 11.0. The highest BCUT2D eigenvalue weighted by Crippen LogP contribution is 2.21. The first-order valence-corrected chi connectivity index (χ1v) is 7.53. The maximum atomic E-state index is 6.14. The van der Waals surface area contributed by atoms with Crippen molar-refractivity contribution < 1.29 is 4.74 Å². The van der Waals surface area contributed by atoms with Crippen LogP contribution in [0, 0.1) is 0 Å². The summed E-state index contributed by atoms with van der Waals surface area (Å²) >= 11 is 9.54. The summed E-state index contributed by atoms with van der Waals surface area (Å²) in [6, 6.07) is 5.98. The Bertz CT molecular complexity index is 358. The van der Waals surface area contributed by atoms with Crippen molar-refractivity contribution >= 4 is 27.5 Å². The van der Waals surface area contributed by atoms with Crippen molar-refractivity contribution in [3.05, 3.63) is 33.3 Å². The molecule has 0 unspecified atom stereocenters. The number of benzene rings is 1. The lowest BCUT2D eigenvalue weighted by molar-refractivity contribution is 0.0760. The maximum Gasteiger partial charge on any atom is 0.0518 e. The minimum atomic E-state index is 0.333. The van der Waals surface area contributed by atoms with Gasteiger partial charge in [-0.2, -0.15) is 0 Å². The first-order chi connectivity index (χ1) is 8.59. The zero-order chi connectivity index (χ0) is 13.4. The van der Waals surface area contributed by atoms with Crippen molar-refractivity contribution in [2.45, 2.75) is 39.3 Å². The van der Waals surface area contributed by atoms with Crippen LogP contribution in [0.2, 0.25) is 5.02 Å². The summed E-state index contributed by atoms with van der Waals surface area (Å²) in [6.45, 7) is 6.78. The molecule has 1 N–H and O–H groups in total. The SMILES string of the molecule is CC(C)OCCCCNCc1ccc(Br)cc1Cl. The fraction of sp³-hybridized carbons (Fsp3) is 0.571. The molecule has 2 nitrogen and oxygen atoms in total. The smallest absolute Gasteiger partial charge is 0.0518 e. The Morgan fingerprint density at radius 1 is 1.33 bits per heavy atom. The van der Waals surface area contributed by atoms with Gasteiger partial charge in [-0.25, -0.2) is 0 Å². The molecule has 18 heavy (non-hydrogen) atoms. The fourth-order valence-corrected chi connectivity index (χ4v) is 2.30. The number of ether oxygens (including phenoxy) is 1. The van der Waals surface area contributed by atoms with E-state index in [-0.39, 0.29) is 0 Å². The molecule has 0 heterocycles. The van der Waals surface area contributed by atoms with E-state index >= 15 is 0 Å². The minimum Gasteiger partial charge on any atom is -0.379 e. The van der Waals surface area contributed by atoms with E-state index in [0.717, 1.165) is 47.6 Å². The number of rotatable bonds is 8. The summed E-state index contributed by atoms with van der Waals surface area (Å²) in [4.78, 5) is 0. The molecular formula is C14H21BrClNO. The van der Waals surface area contributed by atoms with E-state index in [1.807, 2.05) is 18.2 Å². The molecule has 1 aromatic carbocycles. The van der Waals surface area contributed by atoms with Gasteiger partial charge in [0.25, 0.3) is 0 Å². The van der Waals surface area contributed by atoms with E-state index in [4.69, 9.17) is 16.3 Å². The third-order valence-electron chi connectivity index (χ3n) is 2.53. The Morgan fingerprint density at radius 3 is 2.78 bits per heavy atom. The fourth-order valence-electron chi connectivity index (χ4n) is 1.56. The van der Waals surface area contributed by atoms with Crippen LogP contribution in [0.3, 0.4) is 0 Å². The molecule has 102 valence electrons. The lowest BCUT2D eigenvalue weighted by atomic mass is 10.2. The molecule has 0 saturated carbocycles. The van der Waals surface area contributed by atoms with Gasteiger partial charge in [-0.3, -0.25) is 0 Å². The maximum absolute atomic E-state index is 6.14. The Morgan fingerprint density at radius 2 is 2.11 bits per heavy atom. The van der Waals surface area contributed by atoms with Crippen LogP contribution in [0.15, 0.2) is 22.7 Å². The Kier molecular flexibility index (Phi) is 7.91. The van der Waals surface area contributed by atoms with E-state index in [2.05, 4.69) is 35.1 Å². The van der Waals surface area contributed by atoms with Gasteiger partial charge in [0.05, 0.1) is 6.10 Å². The van der Waals surface area contributed by atoms with E-state index < -0.39 is 0 Å². The number of hydrogen-bond acceptors (Lipinski definition) is 2. The minimum absolute atomic E-state index is 0.333. The Hall–Kier alpha value is -0.0900. The largest absolute Gasteiger partial charge is 0.379 e. The summed E-state index contributed by atoms with van der Waals surface area (Å²) in [5.74, 6) is 0. The standard InChI is InChI=1S/C14H21BrClNO/c1-11(2)18-8-4-3-7-17-10-12-5-6-13(15)9-14(12)16/h5-6,9,11,17H,3-4,7-8,10H2,1-2H3. The average Bonchev–Trinajstić information content (AvgIpc) is 2.30. The van der Waals surface area contributed by atoms with E-state index in [1.165, 1.54) is 0 Å². The van der Waals surface area contributed by atoms with E-state index in [9.17, 15) is 0 Å². The van der Waals surface area contributed by atoms with Crippen LogP contribution in [0.1, 0.15) is 32.3 Å². The molecule has 1 aromatic rings. The van der Waals surface area contributed by atoms with Gasteiger partial charge in [-0.1, -0.05) is 33.6 Å². The first-order valence-electron chi connectivity index (χ1n) is 6.36. The van der Waals surface area contributed by atoms with Crippen LogP contribution in [0.4, 0.5) is 0 Å². The van der Waals surface area contributed by atoms with Gasteiger partial charge >= 0.3 is 0 Å². The van der Waals surface area contributed by atoms with Crippen molar-refractivity contribution in [3.8, 4) is 0 Å². The second-order valence-corrected chi connectivity index (χ2v) is 5.86. The summed E-state index contributed by atoms with van der Waals surface area (Å²) in [6.07, 6.45) is 2.56. The van der Waals surface area contributed by atoms with Crippen molar-refractivity contribution in [2.75, 3.05) is 13.2 Å². The topological polar surface area (TPSA) is 21.3 Å². The van der Waals surface area contributed by atoms with E-state index in [0.29, 0.717) is 6.10 Å². The van der Waals surface area contributed by atoms with Crippen molar-refractivity contribution in [2.24, 2.45) is 0 Å². The molecule has 0 radical (unpaired) electrons. The van der Waals surface area contributed by atoms with Gasteiger partial charge in [0.1, 0.15) is 0 Å². The molecule has 4 heteroatoms. The summed E-state index contributed by atoms with van der Waals surface area (Å²) < 4.78 is 6.50. The molecule has 0 aliphatic carbocycles. The van der Waals surface area contributed by atoms with Crippen LogP contribution in [0.25, 0.3) is 0 Å². The average molecular weight is 335 g/mol. The van der Waals surface area contributed by atoms with Crippen LogP contribution in [-0.4, -0.2) is 19.3 Å². The van der Waals surface area contributed by atoms with Gasteiger partial charge in [0, 0.05) is 22.6 Å². The lowest BCUT2D eigenvalue weighted by Crippen LogP contribution is -2.15. The summed E-state index contributed by atoms with van der Waals surface area (Å²) in [7, 11) is 0. The highest BCUT2D eigenvalue weighted by molar-refractivity contribution is 9.10. The van der Waals surface area contributed by atoms with Crippen LogP contribution in [0.5, 0.6) is 0 Å². The molecule has 0 spiro atoms. The molecule has 0 fully saturated rings.